The maximum Gasteiger partial charge on any atom is 0.410 e. The summed E-state index contributed by atoms with van der Waals surface area (Å²) in [7, 11) is -3.81. The Hall–Kier alpha value is -2.37. The number of aliphatic hydroxyl groups is 1. The number of aliphatic hydroxyl groups excluding tert-OH is 1. The van der Waals surface area contributed by atoms with Crippen molar-refractivity contribution in [3.63, 3.8) is 0 Å². The number of hydrogen-bond donors (Lipinski definition) is 1. The van der Waals surface area contributed by atoms with E-state index < -0.39 is 27.4 Å². The summed E-state index contributed by atoms with van der Waals surface area (Å²) < 4.78 is 39.8. The minimum absolute atomic E-state index is 0.0270. The molecule has 1 N–H and O–H groups in total. The Morgan fingerprint density at radius 3 is 1.69 bits per heavy atom. The fourth-order valence-corrected chi connectivity index (χ4v) is 4.25. The molecule has 0 aromatic heterocycles. The Labute approximate surface area is 214 Å². The predicted octanol–water partition coefficient (Wildman–Crippen LogP) is 3.70. The van der Waals surface area contributed by atoms with Gasteiger partial charge in [0.2, 0.25) is 0 Å². The van der Waals surface area contributed by atoms with Crippen LogP contribution in [0.15, 0.2) is 29.2 Å². The van der Waals surface area contributed by atoms with Crippen LogP contribution in [0, 0.1) is 6.92 Å². The summed E-state index contributed by atoms with van der Waals surface area (Å²) >= 11 is 0. The number of amides is 2. The molecule has 2 aliphatic heterocycles. The maximum absolute atomic E-state index is 12.1. The van der Waals surface area contributed by atoms with E-state index in [4.69, 9.17) is 18.8 Å². The molecule has 3 rings (SSSR count). The zero-order valence-corrected chi connectivity index (χ0v) is 23.1. The van der Waals surface area contributed by atoms with E-state index >= 15 is 0 Å². The predicted molar refractivity (Wildman–Crippen MR) is 134 cm³/mol. The Kier molecular flexibility index (Phi) is 9.77. The van der Waals surface area contributed by atoms with Crippen LogP contribution >= 0.6 is 0 Å². The fraction of sp³-hybridized carbons (Fsp3) is 0.680. The summed E-state index contributed by atoms with van der Waals surface area (Å²) in [5, 5.41) is 8.85. The SMILES string of the molecule is CC(C)(C)OC(=O)N1CC[C@H]1CO.Cc1ccc(S(=O)(=O)OC[C@@H]2CCN2C(=O)OC(C)(C)C)cc1. The number of hydrogen-bond acceptors (Lipinski definition) is 8. The number of likely N-dealkylation sites (tertiary alicyclic amines) is 2. The fourth-order valence-electron chi connectivity index (χ4n) is 3.31. The average Bonchev–Trinajstić information content (AvgIpc) is 2.64. The molecule has 11 heteroatoms. The average molecular weight is 529 g/mol. The lowest BCUT2D eigenvalue weighted by Crippen LogP contribution is -2.54. The molecule has 0 spiro atoms. The van der Waals surface area contributed by atoms with E-state index in [-0.39, 0.29) is 36.3 Å². The number of ether oxygens (including phenoxy) is 2. The zero-order valence-electron chi connectivity index (χ0n) is 22.3. The lowest BCUT2D eigenvalue weighted by molar-refractivity contribution is -0.0168. The molecular formula is C25H40N2O8S. The number of nitrogens with zero attached hydrogens (tertiary/aromatic N) is 2. The van der Waals surface area contributed by atoms with Crippen molar-refractivity contribution in [2.45, 2.75) is 89.5 Å². The lowest BCUT2D eigenvalue weighted by Gasteiger charge is -2.40. The van der Waals surface area contributed by atoms with Crippen molar-refractivity contribution >= 4 is 22.3 Å². The third-order valence-electron chi connectivity index (χ3n) is 5.48. The van der Waals surface area contributed by atoms with Gasteiger partial charge in [0.15, 0.2) is 0 Å². The minimum Gasteiger partial charge on any atom is -0.444 e. The molecule has 2 saturated heterocycles. The van der Waals surface area contributed by atoms with Crippen molar-refractivity contribution in [3.05, 3.63) is 29.8 Å². The first kappa shape index (κ1) is 29.9. The van der Waals surface area contributed by atoms with Crippen molar-refractivity contribution in [2.75, 3.05) is 26.3 Å². The van der Waals surface area contributed by atoms with Crippen molar-refractivity contribution < 1.29 is 36.8 Å². The third kappa shape index (κ3) is 8.94. The summed E-state index contributed by atoms with van der Waals surface area (Å²) in [4.78, 5) is 26.6. The molecule has 0 aliphatic carbocycles. The molecule has 2 atom stereocenters. The molecular weight excluding hydrogens is 488 g/mol. The summed E-state index contributed by atoms with van der Waals surface area (Å²) in [5.74, 6) is 0. The van der Waals surface area contributed by atoms with Crippen LogP contribution in [-0.2, 0) is 23.8 Å². The topological polar surface area (TPSA) is 123 Å². The minimum atomic E-state index is -3.81. The lowest BCUT2D eigenvalue weighted by atomic mass is 10.1. The van der Waals surface area contributed by atoms with Crippen LogP contribution in [0.5, 0.6) is 0 Å². The van der Waals surface area contributed by atoms with Gasteiger partial charge < -0.3 is 24.4 Å². The van der Waals surface area contributed by atoms with Crippen molar-refractivity contribution in [1.82, 2.24) is 9.80 Å². The van der Waals surface area contributed by atoms with Gasteiger partial charge in [0.1, 0.15) is 11.2 Å². The molecule has 0 saturated carbocycles. The summed E-state index contributed by atoms with van der Waals surface area (Å²) in [5.41, 5.74) is -0.0577. The number of carbonyl (C=O) groups is 2. The summed E-state index contributed by atoms with van der Waals surface area (Å²) in [6.07, 6.45) is 0.807. The van der Waals surface area contributed by atoms with Crippen LogP contribution < -0.4 is 0 Å². The van der Waals surface area contributed by atoms with Gasteiger partial charge in [0.05, 0.1) is 30.2 Å². The van der Waals surface area contributed by atoms with E-state index in [0.29, 0.717) is 19.5 Å². The molecule has 10 nitrogen and oxygen atoms in total. The van der Waals surface area contributed by atoms with Gasteiger partial charge in [-0.1, -0.05) is 17.7 Å². The van der Waals surface area contributed by atoms with E-state index in [1.54, 1.807) is 37.8 Å². The second kappa shape index (κ2) is 11.8. The van der Waals surface area contributed by atoms with Crippen molar-refractivity contribution in [3.8, 4) is 0 Å². The zero-order chi connectivity index (χ0) is 27.3. The summed E-state index contributed by atoms with van der Waals surface area (Å²) in [6, 6.07) is 6.15. The van der Waals surface area contributed by atoms with Gasteiger partial charge in [-0.2, -0.15) is 8.42 Å². The second-order valence-corrected chi connectivity index (χ2v) is 12.6. The van der Waals surface area contributed by atoms with E-state index in [1.165, 1.54) is 17.0 Å². The summed E-state index contributed by atoms with van der Waals surface area (Å²) in [6.45, 7) is 14.0. The molecule has 2 heterocycles. The van der Waals surface area contributed by atoms with Crippen LogP contribution in [0.1, 0.15) is 59.9 Å². The Morgan fingerprint density at radius 1 is 0.889 bits per heavy atom. The molecule has 1 aromatic rings. The highest BCUT2D eigenvalue weighted by Gasteiger charge is 2.37. The third-order valence-corrected chi connectivity index (χ3v) is 6.78. The first-order chi connectivity index (χ1) is 16.5. The van der Waals surface area contributed by atoms with E-state index in [2.05, 4.69) is 0 Å². The first-order valence-corrected chi connectivity index (χ1v) is 13.5. The van der Waals surface area contributed by atoms with E-state index in [0.717, 1.165) is 12.0 Å². The van der Waals surface area contributed by atoms with Gasteiger partial charge in [0.25, 0.3) is 10.1 Å². The van der Waals surface area contributed by atoms with Crippen LogP contribution in [0.3, 0.4) is 0 Å². The normalized spacial score (nSPS) is 19.9. The quantitative estimate of drug-likeness (QED) is 0.574. The number of carbonyl (C=O) groups excluding carboxylic acids is 2. The first-order valence-electron chi connectivity index (χ1n) is 12.1. The van der Waals surface area contributed by atoms with Crippen LogP contribution in [0.2, 0.25) is 0 Å². The van der Waals surface area contributed by atoms with Crippen molar-refractivity contribution in [2.24, 2.45) is 0 Å². The maximum atomic E-state index is 12.1. The molecule has 1 aromatic carbocycles. The Balaban J connectivity index is 0.000000297. The van der Waals surface area contributed by atoms with E-state index in [9.17, 15) is 18.0 Å². The van der Waals surface area contributed by atoms with E-state index in [1.807, 2.05) is 27.7 Å². The molecule has 204 valence electrons. The standard InChI is InChI=1S/C16H23NO5S.C9H17NO3/c1-12-5-7-14(8-6-12)23(19,20)21-11-13-9-10-17(13)15(18)22-16(2,3)4;1-9(2,3)13-8(12)10-5-4-7(10)6-11/h5-8,13H,9-11H2,1-4H3;7,11H,4-6H2,1-3H3/t13-;7-/m00/s1. The van der Waals surface area contributed by atoms with Gasteiger partial charge in [-0.25, -0.2) is 9.59 Å². The van der Waals surface area contributed by atoms with Gasteiger partial charge in [-0.05, 0) is 73.4 Å². The highest BCUT2D eigenvalue weighted by molar-refractivity contribution is 7.86. The molecule has 36 heavy (non-hydrogen) atoms. The number of benzene rings is 1. The van der Waals surface area contributed by atoms with Gasteiger partial charge in [-0.15, -0.1) is 0 Å². The smallest absolute Gasteiger partial charge is 0.410 e. The van der Waals surface area contributed by atoms with Gasteiger partial charge >= 0.3 is 12.2 Å². The molecule has 0 bridgehead atoms. The highest BCUT2D eigenvalue weighted by Crippen LogP contribution is 2.23. The number of rotatable bonds is 5. The second-order valence-electron chi connectivity index (χ2n) is 11.0. The molecule has 2 amide bonds. The molecule has 2 fully saturated rings. The number of aryl methyl sites for hydroxylation is 1. The van der Waals surface area contributed by atoms with Crippen LogP contribution in [0.25, 0.3) is 0 Å². The Bertz CT molecular complexity index is 994. The van der Waals surface area contributed by atoms with Crippen LogP contribution in [-0.4, -0.2) is 85.1 Å². The van der Waals surface area contributed by atoms with Gasteiger partial charge in [-0.3, -0.25) is 4.18 Å². The Morgan fingerprint density at radius 2 is 1.33 bits per heavy atom. The molecule has 2 aliphatic rings. The monoisotopic (exact) mass is 528 g/mol. The highest BCUT2D eigenvalue weighted by atomic mass is 32.2. The van der Waals surface area contributed by atoms with Crippen LogP contribution in [0.4, 0.5) is 9.59 Å². The largest absolute Gasteiger partial charge is 0.444 e. The molecule has 0 radical (unpaired) electrons. The van der Waals surface area contributed by atoms with Crippen molar-refractivity contribution in [1.29, 1.82) is 0 Å². The van der Waals surface area contributed by atoms with Gasteiger partial charge in [0, 0.05) is 13.1 Å². The molecule has 0 unspecified atom stereocenters.